The van der Waals surface area contributed by atoms with Gasteiger partial charge in [0.2, 0.25) is 5.95 Å². The lowest BCUT2D eigenvalue weighted by Gasteiger charge is -2.30. The van der Waals surface area contributed by atoms with Crippen LogP contribution in [0.2, 0.25) is 0 Å². The molecule has 10 heteroatoms. The molecule has 3 aromatic heterocycles. The van der Waals surface area contributed by atoms with Gasteiger partial charge in [-0.1, -0.05) is 0 Å². The van der Waals surface area contributed by atoms with Crippen molar-refractivity contribution in [3.8, 4) is 29.0 Å². The van der Waals surface area contributed by atoms with E-state index < -0.39 is 0 Å². The Balaban J connectivity index is 1.27. The molecule has 0 spiro atoms. The van der Waals surface area contributed by atoms with Gasteiger partial charge in [-0.3, -0.25) is 9.78 Å². The summed E-state index contributed by atoms with van der Waals surface area (Å²) in [7, 11) is 0. The van der Waals surface area contributed by atoms with Gasteiger partial charge in [0.25, 0.3) is 11.8 Å². The highest BCUT2D eigenvalue weighted by Gasteiger charge is 2.22. The third-order valence-electron chi connectivity index (χ3n) is 6.63. The van der Waals surface area contributed by atoms with Gasteiger partial charge in [-0.2, -0.15) is 15.2 Å². The number of H-pyrrole nitrogens is 1. The number of aromatic nitrogens is 5. The predicted octanol–water partition coefficient (Wildman–Crippen LogP) is 5.29. The number of ether oxygens (including phenoxy) is 1. The average molecular weight is 517 g/mol. The standard InChI is InChI=1S/C29H24N8O2/c1-17-12-21(23-9-6-20(15-31-23)28(38)37-10-3-11-37)13-18(2)25(17)39-27-24-26(33-16-32-24)35-29(36-27)34-22-7-4-19(14-30)5-8-22/h4-9,12-13,15-16H,3,10-11H2,1-2H3,(H2,32,33,34,35,36). The van der Waals surface area contributed by atoms with Gasteiger partial charge in [-0.15, -0.1) is 0 Å². The van der Waals surface area contributed by atoms with Crippen LogP contribution in [0.5, 0.6) is 11.6 Å². The number of hydrogen-bond acceptors (Lipinski definition) is 8. The topological polar surface area (TPSA) is 133 Å². The van der Waals surface area contributed by atoms with Crippen molar-refractivity contribution in [1.82, 2.24) is 29.8 Å². The summed E-state index contributed by atoms with van der Waals surface area (Å²) in [6.45, 7) is 5.55. The molecule has 39 heavy (non-hydrogen) atoms. The Hall–Kier alpha value is -5.30. The second-order valence-corrected chi connectivity index (χ2v) is 9.39. The summed E-state index contributed by atoms with van der Waals surface area (Å²) in [4.78, 5) is 35.2. The number of nitriles is 1. The van der Waals surface area contributed by atoms with Crippen molar-refractivity contribution in [2.24, 2.45) is 0 Å². The molecule has 192 valence electrons. The molecular formula is C29H24N8O2. The van der Waals surface area contributed by atoms with E-state index in [0.29, 0.717) is 39.9 Å². The number of anilines is 2. The van der Waals surface area contributed by atoms with Gasteiger partial charge >= 0.3 is 0 Å². The zero-order valence-electron chi connectivity index (χ0n) is 21.4. The number of nitrogens with zero attached hydrogens (tertiary/aromatic N) is 6. The molecule has 1 aliphatic heterocycles. The Morgan fingerprint density at radius 2 is 1.82 bits per heavy atom. The minimum atomic E-state index is 0.0272. The first-order valence-electron chi connectivity index (χ1n) is 12.5. The molecule has 1 saturated heterocycles. The fourth-order valence-electron chi connectivity index (χ4n) is 4.44. The molecule has 1 fully saturated rings. The number of hydrogen-bond donors (Lipinski definition) is 2. The van der Waals surface area contributed by atoms with Gasteiger partial charge in [0.15, 0.2) is 5.65 Å². The number of aryl methyl sites for hydroxylation is 2. The van der Waals surface area contributed by atoms with Gasteiger partial charge < -0.3 is 19.9 Å². The van der Waals surface area contributed by atoms with Crippen molar-refractivity contribution in [3.05, 3.63) is 83.3 Å². The molecule has 6 rings (SSSR count). The summed E-state index contributed by atoms with van der Waals surface area (Å²) >= 11 is 0. The number of fused-ring (bicyclic) bond motifs is 1. The van der Waals surface area contributed by atoms with Crippen LogP contribution < -0.4 is 10.1 Å². The number of carbonyl (C=O) groups excluding carboxylic acids is 1. The summed E-state index contributed by atoms with van der Waals surface area (Å²) in [6, 6.07) is 16.8. The van der Waals surface area contributed by atoms with E-state index in [0.717, 1.165) is 47.6 Å². The van der Waals surface area contributed by atoms with Gasteiger partial charge in [0, 0.05) is 30.5 Å². The fraction of sp³-hybridized carbons (Fsp3) is 0.172. The number of benzene rings is 2. The number of pyridine rings is 1. The number of nitrogens with one attached hydrogen (secondary N) is 2. The molecule has 0 saturated carbocycles. The fourth-order valence-corrected chi connectivity index (χ4v) is 4.44. The van der Waals surface area contributed by atoms with E-state index in [-0.39, 0.29) is 5.91 Å². The Morgan fingerprint density at radius 3 is 2.46 bits per heavy atom. The molecule has 0 aliphatic carbocycles. The maximum Gasteiger partial charge on any atom is 0.255 e. The maximum absolute atomic E-state index is 12.5. The Morgan fingerprint density at radius 1 is 1.05 bits per heavy atom. The largest absolute Gasteiger partial charge is 0.436 e. The van der Waals surface area contributed by atoms with Crippen LogP contribution in [0.25, 0.3) is 22.4 Å². The number of imidazole rings is 1. The predicted molar refractivity (Wildman–Crippen MR) is 146 cm³/mol. The summed E-state index contributed by atoms with van der Waals surface area (Å²) in [5.41, 5.74) is 6.45. The van der Waals surface area contributed by atoms with E-state index in [4.69, 9.17) is 10.00 Å². The maximum atomic E-state index is 12.5. The van der Waals surface area contributed by atoms with Crippen molar-refractivity contribution in [2.45, 2.75) is 20.3 Å². The molecule has 4 heterocycles. The first-order valence-corrected chi connectivity index (χ1v) is 12.5. The van der Waals surface area contributed by atoms with Crippen LogP contribution in [0.3, 0.4) is 0 Å². The summed E-state index contributed by atoms with van der Waals surface area (Å²) in [6.07, 6.45) is 4.24. The van der Waals surface area contributed by atoms with Gasteiger partial charge in [0.05, 0.1) is 29.2 Å². The van der Waals surface area contributed by atoms with Crippen molar-refractivity contribution in [3.63, 3.8) is 0 Å². The van der Waals surface area contributed by atoms with Crippen LogP contribution >= 0.6 is 0 Å². The molecule has 0 bridgehead atoms. The molecular weight excluding hydrogens is 492 g/mol. The second-order valence-electron chi connectivity index (χ2n) is 9.39. The summed E-state index contributed by atoms with van der Waals surface area (Å²) < 4.78 is 6.34. The number of likely N-dealkylation sites (tertiary alicyclic amines) is 1. The first kappa shape index (κ1) is 24.1. The Labute approximate surface area is 224 Å². The average Bonchev–Trinajstić information content (AvgIpc) is 3.39. The Kier molecular flexibility index (Phi) is 6.09. The van der Waals surface area contributed by atoms with Gasteiger partial charge in [-0.25, -0.2) is 4.98 Å². The van der Waals surface area contributed by atoms with E-state index in [1.54, 1.807) is 36.8 Å². The van der Waals surface area contributed by atoms with Gasteiger partial charge in [0.1, 0.15) is 11.3 Å². The zero-order chi connectivity index (χ0) is 26.9. The van der Waals surface area contributed by atoms with E-state index in [2.05, 4.69) is 36.3 Å². The van der Waals surface area contributed by atoms with Crippen molar-refractivity contribution in [2.75, 3.05) is 18.4 Å². The molecule has 2 N–H and O–H groups in total. The van der Waals surface area contributed by atoms with Crippen molar-refractivity contribution in [1.29, 1.82) is 5.26 Å². The normalized spacial score (nSPS) is 12.6. The number of amides is 1. The molecule has 0 unspecified atom stereocenters. The van der Waals surface area contributed by atoms with E-state index in [1.165, 1.54) is 0 Å². The molecule has 2 aromatic carbocycles. The SMILES string of the molecule is Cc1cc(-c2ccc(C(=O)N3CCC3)cn2)cc(C)c1Oc1nc(Nc2ccc(C#N)cc2)nc2nc[nH]c12. The molecule has 1 amide bonds. The van der Waals surface area contributed by atoms with Crippen LogP contribution in [0.1, 0.15) is 33.5 Å². The highest BCUT2D eigenvalue weighted by Crippen LogP contribution is 2.35. The zero-order valence-corrected chi connectivity index (χ0v) is 21.4. The second kappa shape index (κ2) is 9.87. The quantitative estimate of drug-likeness (QED) is 0.311. The Bertz CT molecular complexity index is 1710. The molecule has 0 radical (unpaired) electrons. The highest BCUT2D eigenvalue weighted by atomic mass is 16.5. The molecule has 0 atom stereocenters. The monoisotopic (exact) mass is 516 g/mol. The first-order chi connectivity index (χ1) is 19.0. The molecule has 10 nitrogen and oxygen atoms in total. The van der Waals surface area contributed by atoms with E-state index in [9.17, 15) is 4.79 Å². The van der Waals surface area contributed by atoms with Crippen LogP contribution in [-0.2, 0) is 0 Å². The van der Waals surface area contributed by atoms with Crippen molar-refractivity contribution >= 4 is 28.7 Å². The number of rotatable bonds is 6. The smallest absolute Gasteiger partial charge is 0.255 e. The minimum Gasteiger partial charge on any atom is -0.436 e. The summed E-state index contributed by atoms with van der Waals surface area (Å²) in [5, 5.41) is 12.2. The third-order valence-corrected chi connectivity index (χ3v) is 6.63. The van der Waals surface area contributed by atoms with Crippen LogP contribution in [0.4, 0.5) is 11.6 Å². The highest BCUT2D eigenvalue weighted by molar-refractivity contribution is 5.94. The van der Waals surface area contributed by atoms with Crippen LogP contribution in [-0.4, -0.2) is 48.8 Å². The molecule has 5 aromatic rings. The van der Waals surface area contributed by atoms with E-state index >= 15 is 0 Å². The lowest BCUT2D eigenvalue weighted by atomic mass is 10.0. The minimum absolute atomic E-state index is 0.0272. The molecule has 1 aliphatic rings. The lowest BCUT2D eigenvalue weighted by molar-refractivity contribution is 0.0651. The van der Waals surface area contributed by atoms with E-state index in [1.807, 2.05) is 43.0 Å². The number of carbonyl (C=O) groups is 1. The van der Waals surface area contributed by atoms with Crippen LogP contribution in [0.15, 0.2) is 61.1 Å². The van der Waals surface area contributed by atoms with Crippen LogP contribution in [0, 0.1) is 25.2 Å². The lowest BCUT2D eigenvalue weighted by Crippen LogP contribution is -2.42. The van der Waals surface area contributed by atoms with Gasteiger partial charge in [-0.05, 0) is 79.9 Å². The number of aromatic amines is 1. The van der Waals surface area contributed by atoms with Crippen molar-refractivity contribution < 1.29 is 9.53 Å². The third kappa shape index (κ3) is 4.73. The summed E-state index contributed by atoms with van der Waals surface area (Å²) in [5.74, 6) is 1.35.